The van der Waals surface area contributed by atoms with Crippen LogP contribution >= 0.6 is 0 Å². The van der Waals surface area contributed by atoms with Crippen molar-refractivity contribution in [3.05, 3.63) is 59.7 Å². The Hall–Kier alpha value is -4.51. The minimum atomic E-state index is -1.43. The first-order valence-corrected chi connectivity index (χ1v) is 20.6. The number of Topliss-reactive ketones (excluding diaryl/α,β-unsaturated/α-hetero) is 4. The third-order valence-corrected chi connectivity index (χ3v) is 9.89. The van der Waals surface area contributed by atoms with Crippen LogP contribution in [0.1, 0.15) is 148 Å². The number of hydrogen-bond donors (Lipinski definition) is 3. The highest BCUT2D eigenvalue weighted by Crippen LogP contribution is 2.23. The first-order chi connectivity index (χ1) is 26.8. The average Bonchev–Trinajstić information content (AvgIpc) is 3.14. The minimum Gasteiger partial charge on any atom is -0.480 e. The number of aliphatic carboxylic acids is 1. The molecule has 0 radical (unpaired) electrons. The molecular weight excluding hydrogens is 725 g/mol. The number of aryl methyl sites for hydroxylation is 1. The molecule has 11 heteroatoms. The third kappa shape index (κ3) is 18.1. The van der Waals surface area contributed by atoms with E-state index in [4.69, 9.17) is 4.74 Å². The molecule has 2 rings (SSSR count). The number of carboxylic acid groups (broad SMARTS) is 1. The Morgan fingerprint density at radius 3 is 1.86 bits per heavy atom. The molecule has 314 valence electrons. The Labute approximate surface area is 339 Å². The van der Waals surface area contributed by atoms with Crippen LogP contribution in [0.2, 0.25) is 0 Å². The topological polar surface area (TPSA) is 173 Å². The van der Waals surface area contributed by atoms with Crippen molar-refractivity contribution < 1.29 is 43.4 Å². The summed E-state index contributed by atoms with van der Waals surface area (Å²) < 4.78 is 6.07. The van der Waals surface area contributed by atoms with Crippen molar-refractivity contribution in [1.82, 2.24) is 10.6 Å². The SMILES string of the molecule is CCCCC[C@H](CC(=O)CCCC(=O)c1ccc(-c2ccc(CCCC)cc2)cc1)C(=O)N[C@H](C(=O)C[C@@H](C)C(=O)N[C@@H](CC(C)=O)C(=O)O)[C@@H](C)OC(C)(C)C. The summed E-state index contributed by atoms with van der Waals surface area (Å²) in [5, 5.41) is 14.6. The second kappa shape index (κ2) is 24.3. The zero-order chi connectivity index (χ0) is 42.7. The highest BCUT2D eigenvalue weighted by Gasteiger charge is 2.35. The lowest BCUT2D eigenvalue weighted by atomic mass is 9.91. The summed E-state index contributed by atoms with van der Waals surface area (Å²) in [7, 11) is 0. The van der Waals surface area contributed by atoms with E-state index in [2.05, 4.69) is 41.8 Å². The quantitative estimate of drug-likeness (QED) is 0.0598. The number of carbonyl (C=O) groups excluding carboxylic acids is 6. The van der Waals surface area contributed by atoms with Gasteiger partial charge in [0.2, 0.25) is 11.8 Å². The molecule has 0 fully saturated rings. The Morgan fingerprint density at radius 1 is 0.719 bits per heavy atom. The summed E-state index contributed by atoms with van der Waals surface area (Å²) in [6.45, 7) is 14.0. The fraction of sp³-hybridized carbons (Fsp3) is 0.587. The summed E-state index contributed by atoms with van der Waals surface area (Å²) in [5.41, 5.74) is 3.31. The predicted molar refractivity (Wildman–Crippen MR) is 222 cm³/mol. The number of amides is 2. The van der Waals surface area contributed by atoms with E-state index >= 15 is 0 Å². The average molecular weight is 791 g/mol. The number of carbonyl (C=O) groups is 7. The minimum absolute atomic E-state index is 0.0450. The molecule has 0 aliphatic rings. The van der Waals surface area contributed by atoms with Gasteiger partial charge in [-0.1, -0.05) is 95.0 Å². The fourth-order valence-electron chi connectivity index (χ4n) is 6.71. The monoisotopic (exact) mass is 790 g/mol. The molecule has 0 aromatic heterocycles. The summed E-state index contributed by atoms with van der Waals surface area (Å²) in [4.78, 5) is 89.9. The molecule has 2 aromatic rings. The molecule has 2 amide bonds. The molecule has 11 nitrogen and oxygen atoms in total. The van der Waals surface area contributed by atoms with Gasteiger partial charge in [-0.2, -0.15) is 0 Å². The van der Waals surface area contributed by atoms with Crippen molar-refractivity contribution >= 4 is 40.9 Å². The van der Waals surface area contributed by atoms with Crippen LogP contribution in [0.25, 0.3) is 11.1 Å². The van der Waals surface area contributed by atoms with E-state index in [1.54, 1.807) is 6.92 Å². The van der Waals surface area contributed by atoms with E-state index in [0.29, 0.717) is 24.8 Å². The number of ketones is 4. The van der Waals surface area contributed by atoms with Gasteiger partial charge < -0.3 is 20.5 Å². The molecule has 5 atom stereocenters. The number of carboxylic acids is 1. The van der Waals surface area contributed by atoms with Gasteiger partial charge in [-0.05, 0) is 77.0 Å². The second-order valence-electron chi connectivity index (χ2n) is 16.4. The molecule has 0 saturated carbocycles. The lowest BCUT2D eigenvalue weighted by Gasteiger charge is -2.32. The van der Waals surface area contributed by atoms with E-state index in [0.717, 1.165) is 43.2 Å². The van der Waals surface area contributed by atoms with Crippen LogP contribution in [-0.2, 0) is 39.9 Å². The first-order valence-electron chi connectivity index (χ1n) is 20.6. The van der Waals surface area contributed by atoms with E-state index in [1.807, 2.05) is 52.0 Å². The van der Waals surface area contributed by atoms with Gasteiger partial charge in [-0.3, -0.25) is 28.8 Å². The van der Waals surface area contributed by atoms with Crippen molar-refractivity contribution in [3.63, 3.8) is 0 Å². The van der Waals surface area contributed by atoms with Crippen molar-refractivity contribution in [2.75, 3.05) is 0 Å². The number of nitrogens with one attached hydrogen (secondary N) is 2. The molecule has 0 aliphatic heterocycles. The molecule has 3 N–H and O–H groups in total. The highest BCUT2D eigenvalue weighted by atomic mass is 16.5. The third-order valence-electron chi connectivity index (χ3n) is 9.89. The number of hydrogen-bond acceptors (Lipinski definition) is 8. The standard InChI is InChI=1S/C46H66N2O9/c1-9-11-13-16-37(29-38(50)17-14-18-40(51)36-25-23-35(24-26-36)34-21-19-33(20-22-34)15-12-10-2)44(54)48-42(32(5)57-46(6,7)8)41(52)27-30(3)43(53)47-39(45(55)56)28-31(4)49/h19-26,30,32,37,39,42H,9-18,27-29H2,1-8H3,(H,47,53)(H,48,54)(H,55,56)/t30-,32-,37-,39+,42+/m1/s1. The first kappa shape index (κ1) is 48.6. The predicted octanol–water partition coefficient (Wildman–Crippen LogP) is 8.04. The Morgan fingerprint density at radius 2 is 1.32 bits per heavy atom. The summed E-state index contributed by atoms with van der Waals surface area (Å²) in [6, 6.07) is 13.4. The van der Waals surface area contributed by atoms with Gasteiger partial charge in [-0.25, -0.2) is 4.79 Å². The van der Waals surface area contributed by atoms with Crippen molar-refractivity contribution in [2.45, 2.75) is 163 Å². The molecule has 0 heterocycles. The highest BCUT2D eigenvalue weighted by molar-refractivity contribution is 5.97. The van der Waals surface area contributed by atoms with Gasteiger partial charge in [-0.15, -0.1) is 0 Å². The summed E-state index contributed by atoms with van der Waals surface area (Å²) >= 11 is 0. The van der Waals surface area contributed by atoms with Gasteiger partial charge in [0.1, 0.15) is 23.7 Å². The van der Waals surface area contributed by atoms with Crippen LogP contribution in [0.5, 0.6) is 0 Å². The van der Waals surface area contributed by atoms with Gasteiger partial charge >= 0.3 is 5.97 Å². The number of rotatable bonds is 27. The molecule has 0 spiro atoms. The van der Waals surface area contributed by atoms with Gasteiger partial charge in [0.05, 0.1) is 11.7 Å². The normalized spacial score (nSPS) is 14.1. The lowest BCUT2D eigenvalue weighted by molar-refractivity contribution is -0.144. The number of benzene rings is 2. The van der Waals surface area contributed by atoms with Crippen LogP contribution in [0, 0.1) is 11.8 Å². The van der Waals surface area contributed by atoms with Crippen molar-refractivity contribution in [2.24, 2.45) is 11.8 Å². The Kier molecular flexibility index (Phi) is 20.7. The molecule has 0 saturated heterocycles. The van der Waals surface area contributed by atoms with Crippen molar-refractivity contribution in [3.8, 4) is 11.1 Å². The van der Waals surface area contributed by atoms with Gasteiger partial charge in [0, 0.05) is 49.5 Å². The van der Waals surface area contributed by atoms with Crippen LogP contribution in [-0.4, -0.2) is 69.8 Å². The maximum Gasteiger partial charge on any atom is 0.326 e. The molecular formula is C46H66N2O9. The van der Waals surface area contributed by atoms with Crippen LogP contribution in [0.4, 0.5) is 0 Å². The molecule has 0 bridgehead atoms. The van der Waals surface area contributed by atoms with Crippen LogP contribution < -0.4 is 10.6 Å². The fourth-order valence-corrected chi connectivity index (χ4v) is 6.71. The van der Waals surface area contributed by atoms with E-state index in [-0.39, 0.29) is 37.2 Å². The van der Waals surface area contributed by atoms with E-state index in [9.17, 15) is 38.7 Å². The Bertz CT molecular complexity index is 1640. The second-order valence-corrected chi connectivity index (χ2v) is 16.4. The maximum atomic E-state index is 13.9. The largest absolute Gasteiger partial charge is 0.480 e. The van der Waals surface area contributed by atoms with Gasteiger partial charge in [0.15, 0.2) is 11.6 Å². The van der Waals surface area contributed by atoms with E-state index < -0.39 is 71.4 Å². The van der Waals surface area contributed by atoms with E-state index in [1.165, 1.54) is 19.4 Å². The summed E-state index contributed by atoms with van der Waals surface area (Å²) in [6.07, 6.45) is 5.35. The zero-order valence-corrected chi connectivity index (χ0v) is 35.4. The summed E-state index contributed by atoms with van der Waals surface area (Å²) in [5.74, 6) is -5.35. The Balaban J connectivity index is 2.08. The molecule has 0 unspecified atom stereocenters. The van der Waals surface area contributed by atoms with Crippen molar-refractivity contribution in [1.29, 1.82) is 0 Å². The smallest absolute Gasteiger partial charge is 0.326 e. The maximum absolute atomic E-state index is 13.9. The molecule has 0 aliphatic carbocycles. The molecule has 2 aromatic carbocycles. The molecule has 57 heavy (non-hydrogen) atoms. The van der Waals surface area contributed by atoms with Crippen LogP contribution in [0.15, 0.2) is 48.5 Å². The number of unbranched alkanes of at least 4 members (excludes halogenated alkanes) is 3. The van der Waals surface area contributed by atoms with Crippen LogP contribution in [0.3, 0.4) is 0 Å². The number of ether oxygens (including phenoxy) is 1. The lowest BCUT2D eigenvalue weighted by Crippen LogP contribution is -2.53. The van der Waals surface area contributed by atoms with Gasteiger partial charge in [0.25, 0.3) is 0 Å². The zero-order valence-electron chi connectivity index (χ0n) is 35.4.